The van der Waals surface area contributed by atoms with E-state index in [4.69, 9.17) is 18.9 Å². The first-order chi connectivity index (χ1) is 8.62. The van der Waals surface area contributed by atoms with Gasteiger partial charge < -0.3 is 18.9 Å². The van der Waals surface area contributed by atoms with Gasteiger partial charge >= 0.3 is 5.97 Å². The highest BCUT2D eigenvalue weighted by Crippen LogP contribution is 2.27. The van der Waals surface area contributed by atoms with Crippen molar-refractivity contribution in [3.8, 4) is 0 Å². The quantitative estimate of drug-likeness (QED) is 0.651. The lowest BCUT2D eigenvalue weighted by Gasteiger charge is -2.20. The molecule has 1 heterocycles. The predicted molar refractivity (Wildman–Crippen MR) is 61.8 cm³/mol. The van der Waals surface area contributed by atoms with E-state index >= 15 is 0 Å². The van der Waals surface area contributed by atoms with Crippen molar-refractivity contribution in [3.05, 3.63) is 0 Å². The van der Waals surface area contributed by atoms with Crippen LogP contribution < -0.4 is 0 Å². The summed E-state index contributed by atoms with van der Waals surface area (Å²) in [4.78, 5) is 10.9. The van der Waals surface area contributed by atoms with Crippen LogP contribution in [0.15, 0.2) is 0 Å². The Kier molecular flexibility index (Phi) is 6.52. The molecule has 1 saturated heterocycles. The summed E-state index contributed by atoms with van der Waals surface area (Å²) in [7, 11) is 0. The lowest BCUT2D eigenvalue weighted by molar-refractivity contribution is -0.191. The molecule has 6 heteroatoms. The number of carbonyl (C=O) groups excluding carboxylic acids is 1. The van der Waals surface area contributed by atoms with Crippen LogP contribution in [0.3, 0.4) is 0 Å². The van der Waals surface area contributed by atoms with Gasteiger partial charge in [-0.1, -0.05) is 0 Å². The molecule has 0 N–H and O–H groups in total. The molecule has 0 amide bonds. The highest BCUT2D eigenvalue weighted by molar-refractivity contribution is 5.66. The largest absolute Gasteiger partial charge is 0.457 e. The summed E-state index contributed by atoms with van der Waals surface area (Å²) < 4.78 is 34.2. The fourth-order valence-corrected chi connectivity index (χ4v) is 1.99. The molecule has 0 unspecified atom stereocenters. The second-order valence-corrected chi connectivity index (χ2v) is 4.03. The Hall–Kier alpha value is -0.720. The Morgan fingerprint density at radius 1 is 1.39 bits per heavy atom. The molecule has 106 valence electrons. The van der Waals surface area contributed by atoms with E-state index in [-0.39, 0.29) is 6.10 Å². The van der Waals surface area contributed by atoms with Crippen LogP contribution in [0.25, 0.3) is 0 Å². The standard InChI is InChI=1S/C12H21FO5/c1-4-15-10-6-9(18-12(10)16-5-2)11(7-13)17-8(3)14/h9-12H,4-7H2,1-3H3/t9-,10+,11-,12-/m0/s1. The van der Waals surface area contributed by atoms with Crippen molar-refractivity contribution in [2.45, 2.75) is 51.8 Å². The van der Waals surface area contributed by atoms with Gasteiger partial charge in [-0.2, -0.15) is 0 Å². The van der Waals surface area contributed by atoms with Gasteiger partial charge in [-0.15, -0.1) is 0 Å². The number of hydrogen-bond acceptors (Lipinski definition) is 5. The molecule has 0 aromatic heterocycles. The summed E-state index contributed by atoms with van der Waals surface area (Å²) in [6.07, 6.45) is -1.72. The van der Waals surface area contributed by atoms with Gasteiger partial charge in [0.1, 0.15) is 18.9 Å². The van der Waals surface area contributed by atoms with Crippen molar-refractivity contribution in [1.29, 1.82) is 0 Å². The van der Waals surface area contributed by atoms with Crippen molar-refractivity contribution < 1.29 is 28.1 Å². The van der Waals surface area contributed by atoms with Crippen LogP contribution in [0.5, 0.6) is 0 Å². The SMILES string of the molecule is CCO[C@H]1O[C@H]([C@H](CF)OC(C)=O)C[C@H]1OCC. The van der Waals surface area contributed by atoms with Crippen molar-refractivity contribution in [3.63, 3.8) is 0 Å². The molecule has 0 radical (unpaired) electrons. The van der Waals surface area contributed by atoms with E-state index in [1.165, 1.54) is 6.92 Å². The molecule has 18 heavy (non-hydrogen) atoms. The van der Waals surface area contributed by atoms with Gasteiger partial charge in [0.2, 0.25) is 0 Å². The highest BCUT2D eigenvalue weighted by Gasteiger charge is 2.41. The van der Waals surface area contributed by atoms with Crippen LogP contribution in [0, 0.1) is 0 Å². The maximum atomic E-state index is 12.9. The van der Waals surface area contributed by atoms with Crippen LogP contribution in [0.2, 0.25) is 0 Å². The molecular formula is C12H21FO5. The minimum absolute atomic E-state index is 0.246. The second-order valence-electron chi connectivity index (χ2n) is 4.03. The summed E-state index contributed by atoms with van der Waals surface area (Å²) in [6.45, 7) is 5.19. The summed E-state index contributed by atoms with van der Waals surface area (Å²) in [6, 6.07) is 0. The number of alkyl halides is 1. The Bertz CT molecular complexity index is 247. The molecule has 0 saturated carbocycles. The Labute approximate surface area is 107 Å². The fourth-order valence-electron chi connectivity index (χ4n) is 1.99. The average molecular weight is 264 g/mol. The number of hydrogen-bond donors (Lipinski definition) is 0. The number of halogens is 1. The molecule has 0 aromatic rings. The number of carbonyl (C=O) groups is 1. The van der Waals surface area contributed by atoms with Gasteiger partial charge in [-0.3, -0.25) is 4.79 Å². The Morgan fingerprint density at radius 3 is 2.56 bits per heavy atom. The maximum Gasteiger partial charge on any atom is 0.303 e. The molecule has 1 fully saturated rings. The topological polar surface area (TPSA) is 54.0 Å². The van der Waals surface area contributed by atoms with Crippen LogP contribution >= 0.6 is 0 Å². The monoisotopic (exact) mass is 264 g/mol. The van der Waals surface area contributed by atoms with Crippen LogP contribution in [-0.2, 0) is 23.7 Å². The third-order valence-corrected chi connectivity index (χ3v) is 2.67. The fraction of sp³-hybridized carbons (Fsp3) is 0.917. The van der Waals surface area contributed by atoms with Gasteiger partial charge in [0, 0.05) is 26.6 Å². The van der Waals surface area contributed by atoms with Gasteiger partial charge in [0.25, 0.3) is 0 Å². The first-order valence-corrected chi connectivity index (χ1v) is 6.24. The molecule has 0 aromatic carbocycles. The zero-order valence-electron chi connectivity index (χ0n) is 11.1. The average Bonchev–Trinajstić information content (AvgIpc) is 2.70. The summed E-state index contributed by atoms with van der Waals surface area (Å²) in [5.41, 5.74) is 0. The van der Waals surface area contributed by atoms with E-state index in [0.29, 0.717) is 19.6 Å². The number of ether oxygens (including phenoxy) is 4. The van der Waals surface area contributed by atoms with Gasteiger partial charge in [0.05, 0.1) is 0 Å². The zero-order chi connectivity index (χ0) is 13.5. The van der Waals surface area contributed by atoms with E-state index in [9.17, 15) is 9.18 Å². The van der Waals surface area contributed by atoms with Crippen LogP contribution in [0.4, 0.5) is 4.39 Å². The van der Waals surface area contributed by atoms with Crippen molar-refractivity contribution in [2.75, 3.05) is 19.9 Å². The summed E-state index contributed by atoms with van der Waals surface area (Å²) >= 11 is 0. The van der Waals surface area contributed by atoms with Crippen LogP contribution in [-0.4, -0.2) is 50.5 Å². The second kappa shape index (κ2) is 7.66. The zero-order valence-corrected chi connectivity index (χ0v) is 11.1. The minimum Gasteiger partial charge on any atom is -0.457 e. The van der Waals surface area contributed by atoms with E-state index in [1.54, 1.807) is 0 Å². The van der Waals surface area contributed by atoms with E-state index in [2.05, 4.69) is 0 Å². The van der Waals surface area contributed by atoms with Crippen molar-refractivity contribution >= 4 is 5.97 Å². The number of esters is 1. The summed E-state index contributed by atoms with van der Waals surface area (Å²) in [5, 5.41) is 0. The first kappa shape index (κ1) is 15.3. The Balaban J connectivity index is 2.59. The van der Waals surface area contributed by atoms with Crippen molar-refractivity contribution in [1.82, 2.24) is 0 Å². The highest BCUT2D eigenvalue weighted by atomic mass is 19.1. The normalized spacial score (nSPS) is 29.2. The van der Waals surface area contributed by atoms with Crippen LogP contribution in [0.1, 0.15) is 27.2 Å². The molecular weight excluding hydrogens is 243 g/mol. The molecule has 1 rings (SSSR count). The van der Waals surface area contributed by atoms with E-state index in [0.717, 1.165) is 0 Å². The molecule has 0 spiro atoms. The summed E-state index contributed by atoms with van der Waals surface area (Å²) in [5.74, 6) is -0.519. The van der Waals surface area contributed by atoms with Gasteiger partial charge in [-0.25, -0.2) is 4.39 Å². The predicted octanol–water partition coefficient (Wildman–Crippen LogP) is 1.44. The Morgan fingerprint density at radius 2 is 2.06 bits per heavy atom. The molecule has 4 atom stereocenters. The third-order valence-electron chi connectivity index (χ3n) is 2.67. The van der Waals surface area contributed by atoms with Gasteiger partial charge in [-0.05, 0) is 13.8 Å². The molecule has 1 aliphatic heterocycles. The van der Waals surface area contributed by atoms with Crippen molar-refractivity contribution in [2.24, 2.45) is 0 Å². The minimum atomic E-state index is -0.893. The maximum absolute atomic E-state index is 12.9. The lowest BCUT2D eigenvalue weighted by atomic mass is 10.1. The van der Waals surface area contributed by atoms with E-state index in [1.807, 2.05) is 13.8 Å². The smallest absolute Gasteiger partial charge is 0.303 e. The molecule has 0 bridgehead atoms. The molecule has 0 aliphatic carbocycles. The van der Waals surface area contributed by atoms with E-state index < -0.39 is 31.1 Å². The third kappa shape index (κ3) is 4.19. The van der Waals surface area contributed by atoms with Gasteiger partial charge in [0.15, 0.2) is 12.4 Å². The first-order valence-electron chi connectivity index (χ1n) is 6.24. The molecule has 1 aliphatic rings. The number of rotatable bonds is 7. The molecule has 5 nitrogen and oxygen atoms in total. The lowest BCUT2D eigenvalue weighted by Crippen LogP contribution is -2.33.